The van der Waals surface area contributed by atoms with Gasteiger partial charge in [-0.1, -0.05) is 48.3 Å². The Labute approximate surface area is 175 Å². The summed E-state index contributed by atoms with van der Waals surface area (Å²) in [6.45, 7) is 4.23. The SMILES string of the molecule is CCNC(=O)C(CC)N(Cc1ccccc1Cl)C(=O)COc1ccc(Cl)cc1. The van der Waals surface area contributed by atoms with Crippen LogP contribution in [0.25, 0.3) is 0 Å². The largest absolute Gasteiger partial charge is 0.484 e. The summed E-state index contributed by atoms with van der Waals surface area (Å²) in [7, 11) is 0. The van der Waals surface area contributed by atoms with Gasteiger partial charge in [0, 0.05) is 23.1 Å². The summed E-state index contributed by atoms with van der Waals surface area (Å²) in [4.78, 5) is 27.0. The second-order valence-electron chi connectivity index (χ2n) is 6.17. The molecular formula is C21H24Cl2N2O3. The number of halogens is 2. The van der Waals surface area contributed by atoms with Gasteiger partial charge in [-0.15, -0.1) is 0 Å². The normalized spacial score (nSPS) is 11.6. The van der Waals surface area contributed by atoms with Crippen molar-refractivity contribution in [2.45, 2.75) is 32.9 Å². The summed E-state index contributed by atoms with van der Waals surface area (Å²) in [5.74, 6) is 0.0337. The molecule has 0 aromatic heterocycles. The van der Waals surface area contributed by atoms with Crippen LogP contribution in [0.4, 0.5) is 0 Å². The Morgan fingerprint density at radius 2 is 1.75 bits per heavy atom. The third-order valence-corrected chi connectivity index (χ3v) is 4.83. The van der Waals surface area contributed by atoms with E-state index < -0.39 is 6.04 Å². The second-order valence-corrected chi connectivity index (χ2v) is 7.02. The molecule has 0 radical (unpaired) electrons. The first-order chi connectivity index (χ1) is 13.5. The van der Waals surface area contributed by atoms with Gasteiger partial charge in [-0.3, -0.25) is 9.59 Å². The van der Waals surface area contributed by atoms with Crippen molar-refractivity contribution in [1.82, 2.24) is 10.2 Å². The average Bonchev–Trinajstić information content (AvgIpc) is 2.69. The smallest absolute Gasteiger partial charge is 0.261 e. The Morgan fingerprint density at radius 1 is 1.07 bits per heavy atom. The van der Waals surface area contributed by atoms with E-state index in [1.807, 2.05) is 32.0 Å². The van der Waals surface area contributed by atoms with Gasteiger partial charge >= 0.3 is 0 Å². The zero-order valence-corrected chi connectivity index (χ0v) is 17.5. The summed E-state index contributed by atoms with van der Waals surface area (Å²) in [5, 5.41) is 3.92. The molecule has 0 heterocycles. The highest BCUT2D eigenvalue weighted by molar-refractivity contribution is 6.31. The maximum Gasteiger partial charge on any atom is 0.261 e. The van der Waals surface area contributed by atoms with Gasteiger partial charge in [0.05, 0.1) is 0 Å². The topological polar surface area (TPSA) is 58.6 Å². The number of rotatable bonds is 9. The molecule has 7 heteroatoms. The van der Waals surface area contributed by atoms with Crippen LogP contribution in [0.1, 0.15) is 25.8 Å². The molecule has 0 saturated carbocycles. The zero-order valence-electron chi connectivity index (χ0n) is 16.0. The lowest BCUT2D eigenvalue weighted by molar-refractivity contribution is -0.142. The van der Waals surface area contributed by atoms with Crippen LogP contribution in [0.2, 0.25) is 10.0 Å². The molecule has 0 bridgehead atoms. The monoisotopic (exact) mass is 422 g/mol. The molecule has 28 heavy (non-hydrogen) atoms. The molecule has 1 atom stereocenters. The number of hydrogen-bond donors (Lipinski definition) is 1. The third kappa shape index (κ3) is 6.14. The van der Waals surface area contributed by atoms with E-state index in [1.54, 1.807) is 30.3 Å². The summed E-state index contributed by atoms with van der Waals surface area (Å²) in [5.41, 5.74) is 0.770. The molecule has 0 fully saturated rings. The molecule has 0 aliphatic rings. The molecule has 2 amide bonds. The Hall–Kier alpha value is -2.24. The van der Waals surface area contributed by atoms with Gasteiger partial charge in [-0.05, 0) is 49.2 Å². The first-order valence-corrected chi connectivity index (χ1v) is 9.90. The van der Waals surface area contributed by atoms with E-state index in [4.69, 9.17) is 27.9 Å². The van der Waals surface area contributed by atoms with Crippen LogP contribution < -0.4 is 10.1 Å². The lowest BCUT2D eigenvalue weighted by Crippen LogP contribution is -2.50. The van der Waals surface area contributed by atoms with Gasteiger partial charge in [0.15, 0.2) is 6.61 Å². The average molecular weight is 423 g/mol. The Morgan fingerprint density at radius 3 is 2.36 bits per heavy atom. The van der Waals surface area contributed by atoms with E-state index >= 15 is 0 Å². The van der Waals surface area contributed by atoms with E-state index in [0.717, 1.165) is 5.56 Å². The summed E-state index contributed by atoms with van der Waals surface area (Å²) in [6.07, 6.45) is 0.475. The highest BCUT2D eigenvalue weighted by Crippen LogP contribution is 2.20. The lowest BCUT2D eigenvalue weighted by atomic mass is 10.1. The highest BCUT2D eigenvalue weighted by Gasteiger charge is 2.29. The van der Waals surface area contributed by atoms with Gasteiger partial charge in [0.2, 0.25) is 5.91 Å². The maximum absolute atomic E-state index is 13.0. The molecule has 150 valence electrons. The predicted molar refractivity (Wildman–Crippen MR) is 112 cm³/mol. The number of amides is 2. The fourth-order valence-corrected chi connectivity index (χ4v) is 3.10. The Bertz CT molecular complexity index is 796. The highest BCUT2D eigenvalue weighted by atomic mass is 35.5. The lowest BCUT2D eigenvalue weighted by Gasteiger charge is -2.30. The van der Waals surface area contributed by atoms with Crippen molar-refractivity contribution in [2.24, 2.45) is 0 Å². The molecule has 0 aliphatic heterocycles. The van der Waals surface area contributed by atoms with Crippen molar-refractivity contribution < 1.29 is 14.3 Å². The van der Waals surface area contributed by atoms with Gasteiger partial charge in [-0.2, -0.15) is 0 Å². The standard InChI is InChI=1S/C21H24Cl2N2O3/c1-3-19(21(27)24-4-2)25(13-15-7-5-6-8-18(15)23)20(26)14-28-17-11-9-16(22)10-12-17/h5-12,19H,3-4,13-14H2,1-2H3,(H,24,27). The number of carbonyl (C=O) groups is 2. The van der Waals surface area contributed by atoms with Crippen molar-refractivity contribution in [3.05, 3.63) is 64.1 Å². The Kier molecular flexibility index (Phi) is 8.61. The van der Waals surface area contributed by atoms with Crippen LogP contribution in [0.3, 0.4) is 0 Å². The number of benzene rings is 2. The molecule has 2 aromatic rings. The maximum atomic E-state index is 13.0. The molecule has 2 rings (SSSR count). The Balaban J connectivity index is 2.20. The van der Waals surface area contributed by atoms with E-state index in [1.165, 1.54) is 4.90 Å². The minimum atomic E-state index is -0.613. The van der Waals surface area contributed by atoms with Crippen molar-refractivity contribution in [3.63, 3.8) is 0 Å². The molecule has 5 nitrogen and oxygen atoms in total. The number of likely N-dealkylation sites (N-methyl/N-ethyl adjacent to an activating group) is 1. The molecule has 1 N–H and O–H groups in total. The minimum Gasteiger partial charge on any atom is -0.484 e. The van der Waals surface area contributed by atoms with Crippen LogP contribution >= 0.6 is 23.2 Å². The molecule has 1 unspecified atom stereocenters. The fourth-order valence-electron chi connectivity index (χ4n) is 2.78. The molecule has 0 aliphatic carbocycles. The summed E-state index contributed by atoms with van der Waals surface area (Å²) >= 11 is 12.1. The van der Waals surface area contributed by atoms with E-state index in [0.29, 0.717) is 28.8 Å². The first kappa shape index (κ1) is 22.1. The second kappa shape index (κ2) is 10.9. The van der Waals surface area contributed by atoms with Crippen LogP contribution in [-0.2, 0) is 16.1 Å². The number of ether oxygens (including phenoxy) is 1. The van der Waals surface area contributed by atoms with Crippen molar-refractivity contribution in [1.29, 1.82) is 0 Å². The van der Waals surface area contributed by atoms with Gasteiger partial charge < -0.3 is 15.0 Å². The van der Waals surface area contributed by atoms with Crippen molar-refractivity contribution in [3.8, 4) is 5.75 Å². The van der Waals surface area contributed by atoms with Crippen LogP contribution in [-0.4, -0.2) is 35.9 Å². The zero-order chi connectivity index (χ0) is 20.5. The van der Waals surface area contributed by atoms with Gasteiger partial charge in [0.25, 0.3) is 5.91 Å². The van der Waals surface area contributed by atoms with Gasteiger partial charge in [-0.25, -0.2) is 0 Å². The van der Waals surface area contributed by atoms with E-state index in [2.05, 4.69) is 5.32 Å². The van der Waals surface area contributed by atoms with Crippen LogP contribution in [0.5, 0.6) is 5.75 Å². The third-order valence-electron chi connectivity index (χ3n) is 4.21. The number of hydrogen-bond acceptors (Lipinski definition) is 3. The molecule has 0 saturated heterocycles. The van der Waals surface area contributed by atoms with Crippen LogP contribution in [0, 0.1) is 0 Å². The molecular weight excluding hydrogens is 399 g/mol. The summed E-state index contributed by atoms with van der Waals surface area (Å²) < 4.78 is 5.59. The number of nitrogens with one attached hydrogen (secondary N) is 1. The molecule has 2 aromatic carbocycles. The summed E-state index contributed by atoms with van der Waals surface area (Å²) in [6, 6.07) is 13.4. The quantitative estimate of drug-likeness (QED) is 0.654. The first-order valence-electron chi connectivity index (χ1n) is 9.15. The molecule has 0 spiro atoms. The predicted octanol–water partition coefficient (Wildman–Crippen LogP) is 4.32. The van der Waals surface area contributed by atoms with E-state index in [9.17, 15) is 9.59 Å². The van der Waals surface area contributed by atoms with Crippen molar-refractivity contribution in [2.75, 3.05) is 13.2 Å². The number of nitrogens with zero attached hydrogens (tertiary/aromatic N) is 1. The minimum absolute atomic E-state index is 0.192. The van der Waals surface area contributed by atoms with E-state index in [-0.39, 0.29) is 25.0 Å². The number of carbonyl (C=O) groups excluding carboxylic acids is 2. The van der Waals surface area contributed by atoms with Crippen molar-refractivity contribution >= 4 is 35.0 Å². The van der Waals surface area contributed by atoms with Crippen LogP contribution in [0.15, 0.2) is 48.5 Å². The van der Waals surface area contributed by atoms with Gasteiger partial charge in [0.1, 0.15) is 11.8 Å². The fraction of sp³-hybridized carbons (Fsp3) is 0.333.